The number of ether oxygens (including phenoxy) is 1. The molecule has 0 bridgehead atoms. The van der Waals surface area contributed by atoms with Crippen molar-refractivity contribution >= 4 is 17.5 Å². The highest BCUT2D eigenvalue weighted by atomic mass is 35.5. The van der Waals surface area contributed by atoms with Gasteiger partial charge in [-0.3, -0.25) is 9.69 Å². The lowest BCUT2D eigenvalue weighted by atomic mass is 10.1. The zero-order valence-electron chi connectivity index (χ0n) is 14.9. The van der Waals surface area contributed by atoms with Crippen molar-refractivity contribution in [1.82, 2.24) is 10.2 Å². The molecule has 7 heteroatoms. The van der Waals surface area contributed by atoms with E-state index in [2.05, 4.69) is 5.32 Å². The zero-order valence-corrected chi connectivity index (χ0v) is 15.6. The lowest BCUT2D eigenvalue weighted by Crippen LogP contribution is -2.36. The van der Waals surface area contributed by atoms with Gasteiger partial charge in [0.15, 0.2) is 0 Å². The Morgan fingerprint density at radius 1 is 1.27 bits per heavy atom. The molecule has 26 heavy (non-hydrogen) atoms. The van der Waals surface area contributed by atoms with E-state index in [1.165, 1.54) is 12.1 Å². The number of halogens is 3. The second-order valence-electron chi connectivity index (χ2n) is 6.08. The fraction of sp³-hybridized carbons (Fsp3) is 0.316. The molecule has 1 atom stereocenters. The lowest BCUT2D eigenvalue weighted by Gasteiger charge is -2.20. The summed E-state index contributed by atoms with van der Waals surface area (Å²) < 4.78 is 32.1. The molecule has 4 nitrogen and oxygen atoms in total. The molecule has 0 fully saturated rings. The first-order chi connectivity index (χ1) is 12.3. The molecule has 2 aromatic rings. The first-order valence-corrected chi connectivity index (χ1v) is 8.43. The minimum atomic E-state index is -0.685. The summed E-state index contributed by atoms with van der Waals surface area (Å²) in [6.07, 6.45) is 0. The summed E-state index contributed by atoms with van der Waals surface area (Å²) >= 11 is 6.01. The molecule has 1 amide bonds. The van der Waals surface area contributed by atoms with Gasteiger partial charge in [-0.1, -0.05) is 17.7 Å². The van der Waals surface area contributed by atoms with Gasteiger partial charge in [0.1, 0.15) is 17.4 Å². The number of likely N-dealkylation sites (N-methyl/N-ethyl adjacent to an activating group) is 1. The highest BCUT2D eigenvalue weighted by Gasteiger charge is 2.16. The van der Waals surface area contributed by atoms with Gasteiger partial charge in [0.05, 0.1) is 19.7 Å². The number of benzene rings is 2. The third-order valence-corrected chi connectivity index (χ3v) is 4.14. The molecule has 2 aromatic carbocycles. The van der Waals surface area contributed by atoms with Crippen molar-refractivity contribution in [1.29, 1.82) is 0 Å². The number of hydrogen-bond donors (Lipinski definition) is 1. The summed E-state index contributed by atoms with van der Waals surface area (Å²) in [7, 11) is 3.35. The van der Waals surface area contributed by atoms with Gasteiger partial charge in [0.2, 0.25) is 5.91 Å². The van der Waals surface area contributed by atoms with Crippen molar-refractivity contribution in [2.75, 3.05) is 20.7 Å². The molecular weight excluding hydrogens is 362 g/mol. The summed E-state index contributed by atoms with van der Waals surface area (Å²) in [5, 5.41) is 3.30. The predicted octanol–water partition coefficient (Wildman–Crippen LogP) is 3.94. The predicted molar refractivity (Wildman–Crippen MR) is 97.3 cm³/mol. The van der Waals surface area contributed by atoms with E-state index in [1.54, 1.807) is 44.2 Å². The van der Waals surface area contributed by atoms with Gasteiger partial charge in [-0.2, -0.15) is 0 Å². The van der Waals surface area contributed by atoms with Crippen LogP contribution in [0.3, 0.4) is 0 Å². The topological polar surface area (TPSA) is 41.6 Å². The normalized spacial score (nSPS) is 12.1. The fourth-order valence-corrected chi connectivity index (χ4v) is 2.87. The summed E-state index contributed by atoms with van der Waals surface area (Å²) in [6, 6.07) is 8.01. The maximum Gasteiger partial charge on any atom is 0.234 e. The number of hydrogen-bond acceptors (Lipinski definition) is 3. The van der Waals surface area contributed by atoms with E-state index >= 15 is 0 Å². The van der Waals surface area contributed by atoms with Crippen LogP contribution in [0.15, 0.2) is 36.4 Å². The Morgan fingerprint density at radius 2 is 2.00 bits per heavy atom. The van der Waals surface area contributed by atoms with E-state index < -0.39 is 17.7 Å². The zero-order chi connectivity index (χ0) is 19.3. The molecule has 0 spiro atoms. The second kappa shape index (κ2) is 8.96. The SMILES string of the molecule is COc1ccc(Cl)cc1CN(C)CC(=O)N[C@H](C)c1ccc(F)cc1F. The van der Waals surface area contributed by atoms with Crippen LogP contribution in [-0.4, -0.2) is 31.5 Å². The van der Waals surface area contributed by atoms with Gasteiger partial charge in [-0.15, -0.1) is 0 Å². The third-order valence-electron chi connectivity index (χ3n) is 3.90. The maximum atomic E-state index is 13.8. The van der Waals surface area contributed by atoms with E-state index in [4.69, 9.17) is 16.3 Å². The molecule has 2 rings (SSSR count). The lowest BCUT2D eigenvalue weighted by molar-refractivity contribution is -0.122. The summed E-state index contributed by atoms with van der Waals surface area (Å²) in [6.45, 7) is 2.20. The van der Waals surface area contributed by atoms with Gasteiger partial charge >= 0.3 is 0 Å². The number of carbonyl (C=O) groups excluding carboxylic acids is 1. The van der Waals surface area contributed by atoms with Crippen molar-refractivity contribution in [3.05, 3.63) is 64.2 Å². The van der Waals surface area contributed by atoms with Gasteiger partial charge in [0, 0.05) is 28.8 Å². The van der Waals surface area contributed by atoms with Crippen LogP contribution >= 0.6 is 11.6 Å². The molecule has 0 radical (unpaired) electrons. The number of nitrogens with one attached hydrogen (secondary N) is 1. The van der Waals surface area contributed by atoms with Gasteiger partial charge in [-0.25, -0.2) is 8.78 Å². The smallest absolute Gasteiger partial charge is 0.234 e. The molecular formula is C19H21ClF2N2O2. The Morgan fingerprint density at radius 3 is 2.65 bits per heavy atom. The third kappa shape index (κ3) is 5.41. The molecule has 0 aliphatic rings. The monoisotopic (exact) mass is 382 g/mol. The average molecular weight is 383 g/mol. The standard InChI is InChI=1S/C19H21ClF2N2O2/c1-12(16-6-5-15(21)9-17(16)22)23-19(25)11-24(2)10-13-8-14(20)4-7-18(13)26-3/h4-9,12H,10-11H2,1-3H3,(H,23,25)/t12-/m1/s1. The average Bonchev–Trinajstić information content (AvgIpc) is 2.54. The van der Waals surface area contributed by atoms with Crippen LogP contribution in [0.2, 0.25) is 5.02 Å². The van der Waals surface area contributed by atoms with Crippen molar-refractivity contribution in [2.24, 2.45) is 0 Å². The maximum absolute atomic E-state index is 13.8. The van der Waals surface area contributed by atoms with Crippen LogP contribution < -0.4 is 10.1 Å². The Labute approximate surface area is 156 Å². The van der Waals surface area contributed by atoms with Crippen LogP contribution in [-0.2, 0) is 11.3 Å². The molecule has 0 saturated carbocycles. The first-order valence-electron chi connectivity index (χ1n) is 8.05. The molecule has 0 heterocycles. The molecule has 1 N–H and O–H groups in total. The Balaban J connectivity index is 1.95. The van der Waals surface area contributed by atoms with Crippen LogP contribution in [0.1, 0.15) is 24.1 Å². The molecule has 0 saturated heterocycles. The number of nitrogens with zero attached hydrogens (tertiary/aromatic N) is 1. The molecule has 0 aliphatic carbocycles. The van der Waals surface area contributed by atoms with Gasteiger partial charge in [0.25, 0.3) is 0 Å². The van der Waals surface area contributed by atoms with Gasteiger partial charge < -0.3 is 10.1 Å². The molecule has 0 unspecified atom stereocenters. The van der Waals surface area contributed by atoms with E-state index in [9.17, 15) is 13.6 Å². The van der Waals surface area contributed by atoms with Crippen LogP contribution in [0.4, 0.5) is 8.78 Å². The quantitative estimate of drug-likeness (QED) is 0.788. The summed E-state index contributed by atoms with van der Waals surface area (Å²) in [5.41, 5.74) is 1.09. The Bertz CT molecular complexity index is 786. The molecule has 0 aliphatic heterocycles. The van der Waals surface area contributed by atoms with E-state index in [0.717, 1.165) is 11.6 Å². The van der Waals surface area contributed by atoms with Gasteiger partial charge in [-0.05, 0) is 38.2 Å². The van der Waals surface area contributed by atoms with Crippen molar-refractivity contribution in [3.8, 4) is 5.75 Å². The van der Waals surface area contributed by atoms with Crippen LogP contribution in [0.5, 0.6) is 5.75 Å². The fourth-order valence-electron chi connectivity index (χ4n) is 2.68. The molecule has 140 valence electrons. The summed E-state index contributed by atoms with van der Waals surface area (Å²) in [4.78, 5) is 14.0. The first kappa shape index (κ1) is 20.1. The highest BCUT2D eigenvalue weighted by Crippen LogP contribution is 2.23. The Hall–Kier alpha value is -2.18. The molecule has 0 aromatic heterocycles. The van der Waals surface area contributed by atoms with Crippen molar-refractivity contribution < 1.29 is 18.3 Å². The van der Waals surface area contributed by atoms with E-state index in [0.29, 0.717) is 17.3 Å². The summed E-state index contributed by atoms with van der Waals surface area (Å²) in [5.74, 6) is -0.928. The number of rotatable bonds is 7. The minimum Gasteiger partial charge on any atom is -0.496 e. The van der Waals surface area contributed by atoms with E-state index in [-0.39, 0.29) is 18.0 Å². The number of amides is 1. The van der Waals surface area contributed by atoms with Crippen molar-refractivity contribution in [2.45, 2.75) is 19.5 Å². The highest BCUT2D eigenvalue weighted by molar-refractivity contribution is 6.30. The number of methoxy groups -OCH3 is 1. The Kier molecular flexibility index (Phi) is 6.94. The second-order valence-corrected chi connectivity index (χ2v) is 6.52. The largest absolute Gasteiger partial charge is 0.496 e. The van der Waals surface area contributed by atoms with Crippen LogP contribution in [0.25, 0.3) is 0 Å². The van der Waals surface area contributed by atoms with Crippen LogP contribution in [0, 0.1) is 11.6 Å². The van der Waals surface area contributed by atoms with E-state index in [1.807, 2.05) is 0 Å². The minimum absolute atomic E-state index is 0.100. The number of carbonyl (C=O) groups is 1. The van der Waals surface area contributed by atoms with Crippen molar-refractivity contribution in [3.63, 3.8) is 0 Å².